The minimum atomic E-state index is -0.0920. The molecule has 3 heteroatoms. The van der Waals surface area contributed by atoms with Gasteiger partial charge in [0.25, 0.3) is 0 Å². The van der Waals surface area contributed by atoms with Crippen molar-refractivity contribution < 1.29 is 14.3 Å². The van der Waals surface area contributed by atoms with Crippen LogP contribution in [0.2, 0.25) is 0 Å². The van der Waals surface area contributed by atoms with Crippen LogP contribution in [0, 0.1) is 27.7 Å². The van der Waals surface area contributed by atoms with Gasteiger partial charge in [-0.1, -0.05) is 53.6 Å². The molecule has 0 unspecified atom stereocenters. The van der Waals surface area contributed by atoms with Gasteiger partial charge >= 0.3 is 0 Å². The molecule has 0 saturated carbocycles. The Morgan fingerprint density at radius 1 is 0.931 bits per heavy atom. The zero-order chi connectivity index (χ0) is 20.5. The molecule has 29 heavy (non-hydrogen) atoms. The van der Waals surface area contributed by atoms with Crippen LogP contribution >= 0.6 is 0 Å². The number of hydrogen-bond donors (Lipinski definition) is 0. The summed E-state index contributed by atoms with van der Waals surface area (Å²) >= 11 is 0. The number of benzene rings is 3. The van der Waals surface area contributed by atoms with Crippen LogP contribution in [0.3, 0.4) is 0 Å². The molecule has 146 valence electrons. The average molecular weight is 384 g/mol. The molecule has 0 aromatic heterocycles. The molecule has 0 N–H and O–H groups in total. The van der Waals surface area contributed by atoms with E-state index in [1.807, 2.05) is 44.2 Å². The first-order valence-electron chi connectivity index (χ1n) is 9.76. The summed E-state index contributed by atoms with van der Waals surface area (Å²) in [7, 11) is 0. The Morgan fingerprint density at radius 2 is 1.72 bits per heavy atom. The number of Topliss-reactive ketones (excluding diaryl/α,β-unsaturated/α-hetero) is 1. The van der Waals surface area contributed by atoms with Gasteiger partial charge in [-0.3, -0.25) is 4.79 Å². The number of carbonyl (C=O) groups excluding carboxylic acids is 1. The van der Waals surface area contributed by atoms with E-state index < -0.39 is 0 Å². The zero-order valence-corrected chi connectivity index (χ0v) is 17.2. The minimum absolute atomic E-state index is 0.0920. The summed E-state index contributed by atoms with van der Waals surface area (Å²) in [6, 6.07) is 18.0. The molecule has 3 aromatic carbocycles. The molecule has 1 aliphatic rings. The molecule has 4 rings (SSSR count). The lowest BCUT2D eigenvalue weighted by Crippen LogP contribution is -2.00. The Bertz CT molecular complexity index is 1140. The highest BCUT2D eigenvalue weighted by atomic mass is 16.5. The monoisotopic (exact) mass is 384 g/mol. The average Bonchev–Trinajstić information content (AvgIpc) is 3.00. The third-order valence-corrected chi connectivity index (χ3v) is 5.26. The highest BCUT2D eigenvalue weighted by Crippen LogP contribution is 2.39. The molecule has 0 fully saturated rings. The van der Waals surface area contributed by atoms with Gasteiger partial charge in [0.1, 0.15) is 18.1 Å². The number of rotatable bonds is 4. The standard InChI is InChI=1S/C26H24O3/c1-16-6-5-7-20(12-16)14-24-25(27)22-10-11-23(19(4)26(22)29-24)28-15-21-13-17(2)8-9-18(21)3/h5-14H,15H2,1-4H3/b24-14-. The van der Waals surface area contributed by atoms with Crippen molar-refractivity contribution in [1.29, 1.82) is 0 Å². The second-order valence-corrected chi connectivity index (χ2v) is 7.64. The van der Waals surface area contributed by atoms with Gasteiger partial charge in [0, 0.05) is 5.56 Å². The van der Waals surface area contributed by atoms with E-state index in [1.54, 1.807) is 12.1 Å². The van der Waals surface area contributed by atoms with Crippen LogP contribution in [-0.2, 0) is 6.61 Å². The fourth-order valence-electron chi connectivity index (χ4n) is 3.55. The number of fused-ring (bicyclic) bond motifs is 1. The number of aryl methyl sites for hydroxylation is 3. The van der Waals surface area contributed by atoms with E-state index in [-0.39, 0.29) is 5.78 Å². The fourth-order valence-corrected chi connectivity index (χ4v) is 3.55. The van der Waals surface area contributed by atoms with Crippen LogP contribution in [0.1, 0.15) is 43.7 Å². The van der Waals surface area contributed by atoms with Gasteiger partial charge in [-0.05, 0) is 62.6 Å². The Morgan fingerprint density at radius 3 is 2.52 bits per heavy atom. The van der Waals surface area contributed by atoms with E-state index in [0.717, 1.165) is 28.0 Å². The summed E-state index contributed by atoms with van der Waals surface area (Å²) in [5.41, 5.74) is 7.07. The molecule has 0 saturated heterocycles. The van der Waals surface area contributed by atoms with Crippen LogP contribution < -0.4 is 9.47 Å². The minimum Gasteiger partial charge on any atom is -0.488 e. The Hall–Kier alpha value is -3.33. The highest BCUT2D eigenvalue weighted by molar-refractivity contribution is 6.14. The van der Waals surface area contributed by atoms with E-state index in [9.17, 15) is 4.79 Å². The summed E-state index contributed by atoms with van der Waals surface area (Å²) in [6.07, 6.45) is 1.80. The first-order chi connectivity index (χ1) is 13.9. The van der Waals surface area contributed by atoms with Crippen molar-refractivity contribution in [2.45, 2.75) is 34.3 Å². The van der Waals surface area contributed by atoms with Gasteiger partial charge in [0.05, 0.1) is 5.56 Å². The Balaban J connectivity index is 1.59. The lowest BCUT2D eigenvalue weighted by atomic mass is 10.0. The molecular formula is C26H24O3. The van der Waals surface area contributed by atoms with E-state index >= 15 is 0 Å². The predicted octanol–water partition coefficient (Wildman–Crippen LogP) is 6.12. The molecule has 0 spiro atoms. The highest BCUT2D eigenvalue weighted by Gasteiger charge is 2.30. The van der Waals surface area contributed by atoms with Crippen molar-refractivity contribution in [1.82, 2.24) is 0 Å². The molecular weight excluding hydrogens is 360 g/mol. The van der Waals surface area contributed by atoms with Gasteiger partial charge in [-0.25, -0.2) is 0 Å². The fraction of sp³-hybridized carbons (Fsp3) is 0.192. The molecule has 0 amide bonds. The van der Waals surface area contributed by atoms with Gasteiger partial charge in [-0.2, -0.15) is 0 Å². The summed E-state index contributed by atoms with van der Waals surface area (Å²) in [5.74, 6) is 1.58. The van der Waals surface area contributed by atoms with Crippen molar-refractivity contribution >= 4 is 11.9 Å². The van der Waals surface area contributed by atoms with Crippen molar-refractivity contribution in [3.63, 3.8) is 0 Å². The number of ether oxygens (including phenoxy) is 2. The Labute approximate surface area is 171 Å². The normalized spacial score (nSPS) is 14.1. The van der Waals surface area contributed by atoms with Crippen molar-refractivity contribution in [2.75, 3.05) is 0 Å². The summed E-state index contributed by atoms with van der Waals surface area (Å²) in [6.45, 7) is 8.59. The number of carbonyl (C=O) groups is 1. The molecule has 0 bridgehead atoms. The molecule has 0 aliphatic carbocycles. The van der Waals surface area contributed by atoms with Crippen LogP contribution in [0.25, 0.3) is 6.08 Å². The van der Waals surface area contributed by atoms with Gasteiger partial charge in [-0.15, -0.1) is 0 Å². The maximum Gasteiger partial charge on any atom is 0.231 e. The van der Waals surface area contributed by atoms with Gasteiger partial charge in [0.2, 0.25) is 5.78 Å². The summed E-state index contributed by atoms with van der Waals surface area (Å²) in [5, 5.41) is 0. The largest absolute Gasteiger partial charge is 0.488 e. The van der Waals surface area contributed by atoms with Crippen LogP contribution in [0.4, 0.5) is 0 Å². The van der Waals surface area contributed by atoms with E-state index in [2.05, 4.69) is 32.0 Å². The second kappa shape index (κ2) is 7.59. The predicted molar refractivity (Wildman–Crippen MR) is 116 cm³/mol. The molecule has 1 heterocycles. The topological polar surface area (TPSA) is 35.5 Å². The summed E-state index contributed by atoms with van der Waals surface area (Å²) < 4.78 is 12.0. The zero-order valence-electron chi connectivity index (χ0n) is 17.2. The molecule has 3 aromatic rings. The van der Waals surface area contributed by atoms with Crippen molar-refractivity contribution in [3.05, 3.63) is 99.3 Å². The van der Waals surface area contributed by atoms with Crippen molar-refractivity contribution in [3.8, 4) is 11.5 Å². The molecule has 0 radical (unpaired) electrons. The third-order valence-electron chi connectivity index (χ3n) is 5.26. The first-order valence-corrected chi connectivity index (χ1v) is 9.76. The lowest BCUT2D eigenvalue weighted by molar-refractivity contribution is 0.101. The SMILES string of the molecule is Cc1cccc(/C=C2\Oc3c(ccc(OCc4cc(C)ccc4C)c3C)C2=O)c1. The second-order valence-electron chi connectivity index (χ2n) is 7.64. The lowest BCUT2D eigenvalue weighted by Gasteiger charge is -2.13. The molecule has 3 nitrogen and oxygen atoms in total. The molecule has 0 atom stereocenters. The van der Waals surface area contributed by atoms with E-state index in [0.29, 0.717) is 23.7 Å². The number of ketones is 1. The number of allylic oxidation sites excluding steroid dienone is 1. The van der Waals surface area contributed by atoms with Crippen molar-refractivity contribution in [2.24, 2.45) is 0 Å². The quantitative estimate of drug-likeness (QED) is 0.509. The molecule has 1 aliphatic heterocycles. The summed E-state index contributed by atoms with van der Waals surface area (Å²) in [4.78, 5) is 12.8. The van der Waals surface area contributed by atoms with E-state index in [1.165, 1.54) is 11.1 Å². The van der Waals surface area contributed by atoms with Crippen LogP contribution in [0.5, 0.6) is 11.5 Å². The van der Waals surface area contributed by atoms with Crippen LogP contribution in [0.15, 0.2) is 60.4 Å². The number of hydrogen-bond acceptors (Lipinski definition) is 3. The van der Waals surface area contributed by atoms with Crippen LogP contribution in [-0.4, -0.2) is 5.78 Å². The third kappa shape index (κ3) is 3.81. The maximum atomic E-state index is 12.8. The smallest absolute Gasteiger partial charge is 0.231 e. The first kappa shape index (κ1) is 19.0. The van der Waals surface area contributed by atoms with Gasteiger partial charge in [0.15, 0.2) is 5.76 Å². The Kier molecular flexibility index (Phi) is 4.98. The maximum absolute atomic E-state index is 12.8. The van der Waals surface area contributed by atoms with Gasteiger partial charge < -0.3 is 9.47 Å². The van der Waals surface area contributed by atoms with E-state index in [4.69, 9.17) is 9.47 Å².